The smallest absolute Gasteiger partial charge is 0.0716 e. The lowest BCUT2D eigenvalue weighted by atomic mass is 10.0. The first-order valence-electron chi connectivity index (χ1n) is 6.56. The third-order valence-electron chi connectivity index (χ3n) is 3.54. The number of ether oxygens (including phenoxy) is 1. The lowest BCUT2D eigenvalue weighted by Gasteiger charge is -2.15. The summed E-state index contributed by atoms with van der Waals surface area (Å²) >= 11 is 0. The van der Waals surface area contributed by atoms with Gasteiger partial charge in [-0.3, -0.25) is 10.9 Å². The standard InChI is InChI=1S/C14H23N3O/c1-11-14(9-16-17-11)8-15-7-12-5-3-4-6-13(12)10-18-2/h3-6,11,14-17H,7-10H2,1-2H3. The molecular formula is C14H23N3O. The lowest BCUT2D eigenvalue weighted by molar-refractivity contribution is 0.184. The Bertz CT molecular complexity index is 370. The highest BCUT2D eigenvalue weighted by molar-refractivity contribution is 5.26. The third kappa shape index (κ3) is 3.53. The van der Waals surface area contributed by atoms with Gasteiger partial charge in [-0.2, -0.15) is 0 Å². The van der Waals surface area contributed by atoms with Gasteiger partial charge >= 0.3 is 0 Å². The van der Waals surface area contributed by atoms with Crippen molar-refractivity contribution in [3.05, 3.63) is 35.4 Å². The Morgan fingerprint density at radius 2 is 2.11 bits per heavy atom. The molecule has 1 saturated heterocycles. The summed E-state index contributed by atoms with van der Waals surface area (Å²) in [5.41, 5.74) is 9.02. The van der Waals surface area contributed by atoms with E-state index in [1.165, 1.54) is 11.1 Å². The highest BCUT2D eigenvalue weighted by Crippen LogP contribution is 2.10. The molecule has 1 aromatic carbocycles. The molecule has 0 saturated carbocycles. The molecule has 2 unspecified atom stereocenters. The largest absolute Gasteiger partial charge is 0.380 e. The Hall–Kier alpha value is -0.940. The first kappa shape index (κ1) is 13.5. The van der Waals surface area contributed by atoms with Gasteiger partial charge < -0.3 is 10.1 Å². The summed E-state index contributed by atoms with van der Waals surface area (Å²) in [6.07, 6.45) is 0. The van der Waals surface area contributed by atoms with Gasteiger partial charge in [0.15, 0.2) is 0 Å². The number of nitrogens with one attached hydrogen (secondary N) is 3. The van der Waals surface area contributed by atoms with Crippen molar-refractivity contribution in [3.8, 4) is 0 Å². The molecule has 4 heteroatoms. The van der Waals surface area contributed by atoms with E-state index in [0.717, 1.165) is 19.6 Å². The third-order valence-corrected chi connectivity index (χ3v) is 3.54. The van der Waals surface area contributed by atoms with Crippen molar-refractivity contribution in [1.82, 2.24) is 16.2 Å². The summed E-state index contributed by atoms with van der Waals surface area (Å²) < 4.78 is 5.22. The van der Waals surface area contributed by atoms with Crippen molar-refractivity contribution < 1.29 is 4.74 Å². The van der Waals surface area contributed by atoms with Gasteiger partial charge in [0.25, 0.3) is 0 Å². The van der Waals surface area contributed by atoms with Gasteiger partial charge in [-0.1, -0.05) is 24.3 Å². The van der Waals surface area contributed by atoms with Crippen molar-refractivity contribution in [2.75, 3.05) is 20.2 Å². The molecule has 2 rings (SSSR count). The fraction of sp³-hybridized carbons (Fsp3) is 0.571. The van der Waals surface area contributed by atoms with E-state index >= 15 is 0 Å². The van der Waals surface area contributed by atoms with Crippen LogP contribution in [-0.2, 0) is 17.9 Å². The van der Waals surface area contributed by atoms with Crippen molar-refractivity contribution >= 4 is 0 Å². The number of rotatable bonds is 6. The molecule has 1 heterocycles. The van der Waals surface area contributed by atoms with Crippen molar-refractivity contribution in [2.24, 2.45) is 5.92 Å². The molecule has 2 atom stereocenters. The van der Waals surface area contributed by atoms with Crippen molar-refractivity contribution in [1.29, 1.82) is 0 Å². The normalized spacial score (nSPS) is 23.4. The van der Waals surface area contributed by atoms with E-state index < -0.39 is 0 Å². The molecule has 100 valence electrons. The Morgan fingerprint density at radius 3 is 2.78 bits per heavy atom. The average molecular weight is 249 g/mol. The second-order valence-corrected chi connectivity index (χ2v) is 4.91. The fourth-order valence-electron chi connectivity index (χ4n) is 2.31. The van der Waals surface area contributed by atoms with Crippen LogP contribution in [0, 0.1) is 5.92 Å². The zero-order valence-corrected chi connectivity index (χ0v) is 11.2. The molecule has 0 radical (unpaired) electrons. The zero-order chi connectivity index (χ0) is 12.8. The molecule has 1 aliphatic heterocycles. The maximum atomic E-state index is 5.22. The monoisotopic (exact) mass is 249 g/mol. The van der Waals surface area contributed by atoms with Crippen LogP contribution in [0.15, 0.2) is 24.3 Å². The Labute approximate surface area is 109 Å². The van der Waals surface area contributed by atoms with E-state index in [1.54, 1.807) is 7.11 Å². The predicted molar refractivity (Wildman–Crippen MR) is 73.0 cm³/mol. The maximum Gasteiger partial charge on any atom is 0.0716 e. The minimum atomic E-state index is 0.534. The van der Waals surface area contributed by atoms with E-state index in [1.807, 2.05) is 0 Å². The molecule has 4 nitrogen and oxygen atoms in total. The van der Waals surface area contributed by atoms with E-state index in [4.69, 9.17) is 4.74 Å². The summed E-state index contributed by atoms with van der Waals surface area (Å²) in [6.45, 7) is 5.87. The van der Waals surface area contributed by atoms with Crippen LogP contribution in [0.4, 0.5) is 0 Å². The van der Waals surface area contributed by atoms with Crippen LogP contribution in [0.2, 0.25) is 0 Å². The van der Waals surface area contributed by atoms with Crippen molar-refractivity contribution in [2.45, 2.75) is 26.1 Å². The van der Waals surface area contributed by atoms with E-state index in [2.05, 4.69) is 47.4 Å². The van der Waals surface area contributed by atoms with E-state index in [0.29, 0.717) is 18.6 Å². The molecular weight excluding hydrogens is 226 g/mol. The molecule has 0 aliphatic carbocycles. The fourth-order valence-corrected chi connectivity index (χ4v) is 2.31. The second kappa shape index (κ2) is 6.85. The van der Waals surface area contributed by atoms with Crippen LogP contribution >= 0.6 is 0 Å². The van der Waals surface area contributed by atoms with Gasteiger partial charge in [-0.25, -0.2) is 0 Å². The van der Waals surface area contributed by atoms with Crippen LogP contribution in [-0.4, -0.2) is 26.2 Å². The van der Waals surface area contributed by atoms with Crippen LogP contribution in [0.3, 0.4) is 0 Å². The summed E-state index contributed by atoms with van der Waals surface area (Å²) in [6, 6.07) is 8.96. The zero-order valence-electron chi connectivity index (χ0n) is 11.2. The Balaban J connectivity index is 1.82. The highest BCUT2D eigenvalue weighted by atomic mass is 16.5. The topological polar surface area (TPSA) is 45.3 Å². The predicted octanol–water partition coefficient (Wildman–Crippen LogP) is 1.04. The van der Waals surface area contributed by atoms with E-state index in [9.17, 15) is 0 Å². The highest BCUT2D eigenvalue weighted by Gasteiger charge is 2.21. The molecule has 1 aromatic rings. The molecule has 3 N–H and O–H groups in total. The molecule has 0 spiro atoms. The van der Waals surface area contributed by atoms with Crippen LogP contribution in [0.1, 0.15) is 18.1 Å². The van der Waals surface area contributed by atoms with Gasteiger partial charge in [0, 0.05) is 38.7 Å². The van der Waals surface area contributed by atoms with Gasteiger partial charge in [0.2, 0.25) is 0 Å². The van der Waals surface area contributed by atoms with E-state index in [-0.39, 0.29) is 0 Å². The Kier molecular flexibility index (Phi) is 5.13. The van der Waals surface area contributed by atoms with Crippen LogP contribution < -0.4 is 16.2 Å². The van der Waals surface area contributed by atoms with Gasteiger partial charge in [-0.15, -0.1) is 0 Å². The number of hydrazine groups is 1. The minimum Gasteiger partial charge on any atom is -0.380 e. The number of benzene rings is 1. The van der Waals surface area contributed by atoms with Gasteiger partial charge in [-0.05, 0) is 18.1 Å². The van der Waals surface area contributed by atoms with Crippen molar-refractivity contribution in [3.63, 3.8) is 0 Å². The summed E-state index contributed by atoms with van der Waals surface area (Å²) in [4.78, 5) is 0. The summed E-state index contributed by atoms with van der Waals surface area (Å²) in [5, 5.41) is 3.54. The summed E-state index contributed by atoms with van der Waals surface area (Å²) in [5.74, 6) is 0.652. The Morgan fingerprint density at radius 1 is 1.33 bits per heavy atom. The number of hydrogen-bond acceptors (Lipinski definition) is 4. The molecule has 1 fully saturated rings. The maximum absolute atomic E-state index is 5.22. The summed E-state index contributed by atoms with van der Waals surface area (Å²) in [7, 11) is 1.74. The molecule has 1 aliphatic rings. The quantitative estimate of drug-likeness (QED) is 0.705. The lowest BCUT2D eigenvalue weighted by Crippen LogP contribution is -2.32. The molecule has 0 aromatic heterocycles. The van der Waals surface area contributed by atoms with Gasteiger partial charge in [0.1, 0.15) is 0 Å². The molecule has 0 amide bonds. The molecule has 0 bridgehead atoms. The number of methoxy groups -OCH3 is 1. The molecule has 18 heavy (non-hydrogen) atoms. The van der Waals surface area contributed by atoms with Crippen LogP contribution in [0.5, 0.6) is 0 Å². The number of hydrogen-bond donors (Lipinski definition) is 3. The first-order valence-corrected chi connectivity index (χ1v) is 6.56. The second-order valence-electron chi connectivity index (χ2n) is 4.91. The van der Waals surface area contributed by atoms with Crippen LogP contribution in [0.25, 0.3) is 0 Å². The minimum absolute atomic E-state index is 0.534. The average Bonchev–Trinajstić information content (AvgIpc) is 2.78. The van der Waals surface area contributed by atoms with Gasteiger partial charge in [0.05, 0.1) is 6.61 Å². The SMILES string of the molecule is COCc1ccccc1CNCC1CNNC1C. The first-order chi connectivity index (χ1) is 8.81.